The van der Waals surface area contributed by atoms with Crippen LogP contribution in [0.1, 0.15) is 60.5 Å². The number of nitrogens with one attached hydrogen (secondary N) is 1. The second-order valence-electron chi connectivity index (χ2n) is 9.22. The fourth-order valence-corrected chi connectivity index (χ4v) is 4.90. The molecule has 0 heterocycles. The zero-order valence-corrected chi connectivity index (χ0v) is 23.4. The number of hydrogen-bond acceptors (Lipinski definition) is 8. The number of carbonyl (C=O) groups excluding carboxylic acids is 1. The molecule has 0 aliphatic heterocycles. The van der Waals surface area contributed by atoms with Gasteiger partial charge in [0, 0.05) is 25.7 Å². The van der Waals surface area contributed by atoms with Crippen LogP contribution >= 0.6 is 0 Å². The van der Waals surface area contributed by atoms with Gasteiger partial charge >= 0.3 is 6.16 Å². The summed E-state index contributed by atoms with van der Waals surface area (Å²) in [5.41, 5.74) is 0.242. The Kier molecular flexibility index (Phi) is 13.6. The van der Waals surface area contributed by atoms with Crippen molar-refractivity contribution in [1.82, 2.24) is 4.72 Å². The van der Waals surface area contributed by atoms with Gasteiger partial charge in [0.2, 0.25) is 15.8 Å². The molecule has 0 spiro atoms. The topological polar surface area (TPSA) is 109 Å². The Morgan fingerprint density at radius 3 is 2.19 bits per heavy atom. The van der Waals surface area contributed by atoms with Gasteiger partial charge in [0.05, 0.1) is 13.2 Å². The van der Waals surface area contributed by atoms with Crippen LogP contribution in [0.4, 0.5) is 4.79 Å². The first-order chi connectivity index (χ1) is 16.9. The third-order valence-corrected chi connectivity index (χ3v) is 6.35. The summed E-state index contributed by atoms with van der Waals surface area (Å²) in [6.07, 6.45) is 1.45. The fourth-order valence-electron chi connectivity index (χ4n) is 3.44. The molecule has 2 atom stereocenters. The van der Waals surface area contributed by atoms with E-state index in [1.165, 1.54) is 0 Å². The summed E-state index contributed by atoms with van der Waals surface area (Å²) in [6.45, 7) is 13.3. The molecule has 0 aromatic heterocycles. The predicted octanol–water partition coefficient (Wildman–Crippen LogP) is 4.57. The van der Waals surface area contributed by atoms with Gasteiger partial charge in [0.15, 0.2) is 6.10 Å². The molecule has 0 fully saturated rings. The number of sulfonamides is 1. The molecule has 0 amide bonds. The summed E-state index contributed by atoms with van der Waals surface area (Å²) in [4.78, 5) is 12.5. The second kappa shape index (κ2) is 15.3. The van der Waals surface area contributed by atoms with E-state index in [0.717, 1.165) is 5.56 Å². The van der Waals surface area contributed by atoms with Gasteiger partial charge in [-0.05, 0) is 47.1 Å². The van der Waals surface area contributed by atoms with Crippen molar-refractivity contribution in [3.8, 4) is 0 Å². The summed E-state index contributed by atoms with van der Waals surface area (Å²) in [5, 5.41) is 0. The van der Waals surface area contributed by atoms with Crippen molar-refractivity contribution in [2.24, 2.45) is 0 Å². The highest BCUT2D eigenvalue weighted by Gasteiger charge is 2.45. The summed E-state index contributed by atoms with van der Waals surface area (Å²) < 4.78 is 56.6. The van der Waals surface area contributed by atoms with Crippen molar-refractivity contribution >= 4 is 16.2 Å². The van der Waals surface area contributed by atoms with Gasteiger partial charge in [-0.15, -0.1) is 0 Å². The highest BCUT2D eigenvalue weighted by molar-refractivity contribution is 7.89. The molecule has 36 heavy (non-hydrogen) atoms. The van der Waals surface area contributed by atoms with Crippen LogP contribution in [0, 0.1) is 0 Å². The maximum atomic E-state index is 13.0. The molecule has 1 aromatic rings. The van der Waals surface area contributed by atoms with E-state index in [4.69, 9.17) is 23.7 Å². The first kappa shape index (κ1) is 32.0. The van der Waals surface area contributed by atoms with Crippen LogP contribution in [0.5, 0.6) is 0 Å². The van der Waals surface area contributed by atoms with Crippen molar-refractivity contribution < 1.29 is 36.9 Å². The van der Waals surface area contributed by atoms with Gasteiger partial charge < -0.3 is 23.7 Å². The minimum Gasteiger partial charge on any atom is -0.429 e. The highest BCUT2D eigenvalue weighted by atomic mass is 32.2. The maximum absolute atomic E-state index is 13.0. The summed E-state index contributed by atoms with van der Waals surface area (Å²) in [6, 6.07) is 9.24. The molecule has 206 valence electrons. The van der Waals surface area contributed by atoms with Crippen molar-refractivity contribution in [2.45, 2.75) is 85.0 Å². The van der Waals surface area contributed by atoms with Crippen LogP contribution in [0.3, 0.4) is 0 Å². The molecular formula is C26H43NO8S. The van der Waals surface area contributed by atoms with Crippen molar-refractivity contribution in [1.29, 1.82) is 0 Å². The molecule has 0 aliphatic rings. The molecule has 0 radical (unpaired) electrons. The third kappa shape index (κ3) is 12.3. The minimum absolute atomic E-state index is 0.234. The summed E-state index contributed by atoms with van der Waals surface area (Å²) in [7, 11) is -3.92. The van der Waals surface area contributed by atoms with E-state index in [-0.39, 0.29) is 19.6 Å². The van der Waals surface area contributed by atoms with E-state index >= 15 is 0 Å². The molecule has 0 saturated heterocycles. The van der Waals surface area contributed by atoms with E-state index in [1.54, 1.807) is 60.6 Å². The van der Waals surface area contributed by atoms with Gasteiger partial charge in [-0.25, -0.2) is 17.9 Å². The lowest BCUT2D eigenvalue weighted by atomic mass is 10.1. The Morgan fingerprint density at radius 2 is 1.67 bits per heavy atom. The first-order valence-corrected chi connectivity index (χ1v) is 14.0. The fraction of sp³-hybridized carbons (Fsp3) is 0.654. The van der Waals surface area contributed by atoms with Crippen LogP contribution in [-0.2, 0) is 40.3 Å². The molecule has 0 saturated carbocycles. The lowest BCUT2D eigenvalue weighted by Gasteiger charge is -2.38. The Balaban J connectivity index is 2.88. The van der Waals surface area contributed by atoms with Crippen molar-refractivity contribution in [3.63, 3.8) is 0 Å². The third-order valence-electron chi connectivity index (χ3n) is 4.88. The molecule has 0 bridgehead atoms. The number of rotatable bonds is 16. The van der Waals surface area contributed by atoms with E-state index < -0.39 is 45.5 Å². The van der Waals surface area contributed by atoms with Gasteiger partial charge in [-0.3, -0.25) is 0 Å². The van der Waals surface area contributed by atoms with Crippen LogP contribution in [-0.4, -0.2) is 63.7 Å². The molecular weight excluding hydrogens is 486 g/mol. The number of hydrogen-bond donors (Lipinski definition) is 1. The number of ether oxygens (including phenoxy) is 5. The molecule has 0 aliphatic carbocycles. The van der Waals surface area contributed by atoms with Gasteiger partial charge in [-0.1, -0.05) is 49.4 Å². The molecule has 9 nitrogen and oxygen atoms in total. The van der Waals surface area contributed by atoms with Crippen LogP contribution in [0.2, 0.25) is 0 Å². The Labute approximate surface area is 216 Å². The lowest BCUT2D eigenvalue weighted by molar-refractivity contribution is -0.279. The van der Waals surface area contributed by atoms with Crippen LogP contribution < -0.4 is 4.72 Å². The SMILES string of the molecule is CCOC(CC)(OCC)C(CS(=O)(=O)N[C@H](C)/C=C\COCc1ccccc1)OC(=O)OC(C)(C)C. The number of benzene rings is 1. The molecule has 1 unspecified atom stereocenters. The molecule has 10 heteroatoms. The Hall–Kier alpha value is -1.98. The van der Waals surface area contributed by atoms with Gasteiger partial charge in [0.1, 0.15) is 11.4 Å². The van der Waals surface area contributed by atoms with Gasteiger partial charge in [0.25, 0.3) is 0 Å². The lowest BCUT2D eigenvalue weighted by Crippen LogP contribution is -2.54. The summed E-state index contributed by atoms with van der Waals surface area (Å²) >= 11 is 0. The zero-order valence-electron chi connectivity index (χ0n) is 22.6. The highest BCUT2D eigenvalue weighted by Crippen LogP contribution is 2.27. The zero-order chi connectivity index (χ0) is 27.2. The quantitative estimate of drug-likeness (QED) is 0.144. The van der Waals surface area contributed by atoms with E-state index in [1.807, 2.05) is 30.3 Å². The van der Waals surface area contributed by atoms with Crippen molar-refractivity contribution in [2.75, 3.05) is 25.6 Å². The van der Waals surface area contributed by atoms with Gasteiger partial charge in [-0.2, -0.15) is 0 Å². The summed E-state index contributed by atoms with van der Waals surface area (Å²) in [5.74, 6) is -2.01. The van der Waals surface area contributed by atoms with Crippen molar-refractivity contribution in [3.05, 3.63) is 48.0 Å². The molecule has 1 rings (SSSR count). The normalized spacial score (nSPS) is 14.5. The molecule has 1 aromatic carbocycles. The maximum Gasteiger partial charge on any atom is 0.509 e. The standard InChI is InChI=1S/C26H43NO8S/c1-8-26(32-9-2,33-10-3)23(34-24(28)35-25(5,6)7)20-36(29,30)27-21(4)15-14-18-31-19-22-16-12-11-13-17-22/h11-17,21,23,27H,8-10,18-20H2,1-7H3/b15-14-/t21-,23?/m1/s1. The first-order valence-electron chi connectivity index (χ1n) is 12.3. The number of carbonyl (C=O) groups is 1. The van der Waals surface area contributed by atoms with E-state index in [9.17, 15) is 13.2 Å². The Bertz CT molecular complexity index is 890. The smallest absolute Gasteiger partial charge is 0.429 e. The van der Waals surface area contributed by atoms with Crippen LogP contribution in [0.25, 0.3) is 0 Å². The predicted molar refractivity (Wildman–Crippen MR) is 139 cm³/mol. The average molecular weight is 530 g/mol. The molecule has 1 N–H and O–H groups in total. The average Bonchev–Trinajstić information content (AvgIpc) is 2.77. The second-order valence-corrected chi connectivity index (χ2v) is 11.0. The van der Waals surface area contributed by atoms with E-state index in [2.05, 4.69) is 4.72 Å². The largest absolute Gasteiger partial charge is 0.509 e. The van der Waals surface area contributed by atoms with Crippen LogP contribution in [0.15, 0.2) is 42.5 Å². The van der Waals surface area contributed by atoms with E-state index in [0.29, 0.717) is 13.2 Å². The monoisotopic (exact) mass is 529 g/mol. The Morgan fingerprint density at radius 1 is 1.06 bits per heavy atom. The minimum atomic E-state index is -3.92.